The molecule has 0 atom stereocenters. The lowest BCUT2D eigenvalue weighted by atomic mass is 10.2. The fraction of sp³-hybridized carbons (Fsp3) is 0.333. The van der Waals surface area contributed by atoms with Crippen molar-refractivity contribution in [1.29, 1.82) is 0 Å². The van der Waals surface area contributed by atoms with Crippen LogP contribution in [-0.4, -0.2) is 22.3 Å². The summed E-state index contributed by atoms with van der Waals surface area (Å²) < 4.78 is 7.15. The Balaban J connectivity index is 2.12. The Morgan fingerprint density at radius 3 is 3.00 bits per heavy atom. The zero-order valence-corrected chi connectivity index (χ0v) is 12.3. The Labute approximate surface area is 123 Å². The number of carbonyl (C=O) groups excluding carboxylic acids is 1. The van der Waals surface area contributed by atoms with Gasteiger partial charge < -0.3 is 15.8 Å². The monoisotopic (exact) mass is 288 g/mol. The number of nitrogens with zero attached hydrogens (tertiary/aromatic N) is 2. The normalized spacial score (nSPS) is 10.4. The second-order valence-corrected chi connectivity index (χ2v) is 4.71. The number of aromatic nitrogens is 2. The van der Waals surface area contributed by atoms with E-state index in [1.165, 1.54) is 0 Å². The molecule has 1 aromatic carbocycles. The molecule has 1 amide bonds. The number of aryl methyl sites for hydroxylation is 1. The van der Waals surface area contributed by atoms with Crippen molar-refractivity contribution in [2.75, 3.05) is 11.9 Å². The predicted octanol–water partition coefficient (Wildman–Crippen LogP) is 1.92. The first-order valence-corrected chi connectivity index (χ1v) is 6.90. The van der Waals surface area contributed by atoms with Crippen molar-refractivity contribution in [2.24, 2.45) is 12.8 Å². The van der Waals surface area contributed by atoms with E-state index in [0.717, 1.165) is 12.0 Å². The molecule has 2 aromatic rings. The Bertz CT molecular complexity index is 622. The number of hydrogen-bond acceptors (Lipinski definition) is 4. The summed E-state index contributed by atoms with van der Waals surface area (Å²) in [7, 11) is 1.79. The predicted molar refractivity (Wildman–Crippen MR) is 81.3 cm³/mol. The molecular formula is C15H20N4O2. The van der Waals surface area contributed by atoms with Crippen LogP contribution in [0.4, 0.5) is 5.82 Å². The molecule has 0 aliphatic heterocycles. The zero-order valence-electron chi connectivity index (χ0n) is 12.3. The lowest BCUT2D eigenvalue weighted by Crippen LogP contribution is -2.14. The van der Waals surface area contributed by atoms with Gasteiger partial charge in [0, 0.05) is 30.9 Å². The summed E-state index contributed by atoms with van der Waals surface area (Å²) in [6.07, 6.45) is 2.71. The molecule has 2 rings (SSSR count). The van der Waals surface area contributed by atoms with Gasteiger partial charge in [0.05, 0.1) is 6.61 Å². The summed E-state index contributed by atoms with van der Waals surface area (Å²) in [5.41, 5.74) is 6.95. The van der Waals surface area contributed by atoms with E-state index < -0.39 is 0 Å². The average molecular weight is 288 g/mol. The molecule has 0 fully saturated rings. The summed E-state index contributed by atoms with van der Waals surface area (Å²) in [5, 5.41) is 6.97. The fourth-order valence-electron chi connectivity index (χ4n) is 1.92. The van der Waals surface area contributed by atoms with Gasteiger partial charge in [0.25, 0.3) is 5.91 Å². The molecule has 0 bridgehead atoms. The Kier molecular flexibility index (Phi) is 4.94. The Morgan fingerprint density at radius 1 is 1.48 bits per heavy atom. The third-order valence-corrected chi connectivity index (χ3v) is 2.93. The second-order valence-electron chi connectivity index (χ2n) is 4.71. The van der Waals surface area contributed by atoms with E-state index in [9.17, 15) is 4.79 Å². The van der Waals surface area contributed by atoms with Gasteiger partial charge in [-0.3, -0.25) is 9.48 Å². The van der Waals surface area contributed by atoms with E-state index >= 15 is 0 Å². The first kappa shape index (κ1) is 15.1. The Morgan fingerprint density at radius 2 is 2.29 bits per heavy atom. The van der Waals surface area contributed by atoms with Crippen molar-refractivity contribution in [3.8, 4) is 5.75 Å². The third kappa shape index (κ3) is 3.82. The maximum atomic E-state index is 12.3. The summed E-state index contributed by atoms with van der Waals surface area (Å²) in [5.74, 6) is 0.944. The summed E-state index contributed by atoms with van der Waals surface area (Å²) in [4.78, 5) is 12.3. The lowest BCUT2D eigenvalue weighted by Gasteiger charge is -2.07. The highest BCUT2D eigenvalue weighted by Crippen LogP contribution is 2.17. The number of ether oxygens (including phenoxy) is 1. The minimum atomic E-state index is -0.231. The smallest absolute Gasteiger partial charge is 0.257 e. The molecule has 0 saturated carbocycles. The number of hydrogen-bond donors (Lipinski definition) is 2. The summed E-state index contributed by atoms with van der Waals surface area (Å²) >= 11 is 0. The molecular weight excluding hydrogens is 268 g/mol. The SMILES string of the molecule is CCCOc1cccc(C(=O)Nc2nn(C)cc2CN)c1. The standard InChI is InChI=1S/C15H20N4O2/c1-3-7-21-13-6-4-5-11(8-13)15(20)17-14-12(9-16)10-19(2)18-14/h4-6,8,10H,3,7,9,16H2,1-2H3,(H,17,18,20). The second kappa shape index (κ2) is 6.90. The van der Waals surface area contributed by atoms with Gasteiger partial charge >= 0.3 is 0 Å². The van der Waals surface area contributed by atoms with Crippen LogP contribution in [0.3, 0.4) is 0 Å². The average Bonchev–Trinajstić information content (AvgIpc) is 2.85. The van der Waals surface area contributed by atoms with Crippen LogP contribution in [-0.2, 0) is 13.6 Å². The van der Waals surface area contributed by atoms with E-state index in [0.29, 0.717) is 30.3 Å². The maximum Gasteiger partial charge on any atom is 0.257 e. The van der Waals surface area contributed by atoms with Crippen LogP contribution < -0.4 is 15.8 Å². The molecule has 6 heteroatoms. The van der Waals surface area contributed by atoms with Gasteiger partial charge in [0.15, 0.2) is 5.82 Å². The molecule has 112 valence electrons. The summed E-state index contributed by atoms with van der Waals surface area (Å²) in [6, 6.07) is 7.08. The van der Waals surface area contributed by atoms with Crippen molar-refractivity contribution in [2.45, 2.75) is 19.9 Å². The highest BCUT2D eigenvalue weighted by Gasteiger charge is 2.12. The molecule has 3 N–H and O–H groups in total. The number of carbonyl (C=O) groups is 1. The minimum Gasteiger partial charge on any atom is -0.494 e. The van der Waals surface area contributed by atoms with Crippen LogP contribution in [0.2, 0.25) is 0 Å². The first-order valence-electron chi connectivity index (χ1n) is 6.90. The van der Waals surface area contributed by atoms with E-state index in [4.69, 9.17) is 10.5 Å². The van der Waals surface area contributed by atoms with Gasteiger partial charge in [0.1, 0.15) is 5.75 Å². The molecule has 0 radical (unpaired) electrons. The van der Waals surface area contributed by atoms with Gasteiger partial charge in [-0.05, 0) is 24.6 Å². The molecule has 1 heterocycles. The number of nitrogens with one attached hydrogen (secondary N) is 1. The van der Waals surface area contributed by atoms with Crippen LogP contribution in [0.1, 0.15) is 29.3 Å². The van der Waals surface area contributed by atoms with Crippen molar-refractivity contribution in [1.82, 2.24) is 9.78 Å². The zero-order chi connectivity index (χ0) is 15.2. The van der Waals surface area contributed by atoms with Crippen molar-refractivity contribution < 1.29 is 9.53 Å². The van der Waals surface area contributed by atoms with Gasteiger partial charge in [-0.25, -0.2) is 0 Å². The molecule has 0 aliphatic carbocycles. The van der Waals surface area contributed by atoms with E-state index in [1.807, 2.05) is 13.0 Å². The number of amides is 1. The van der Waals surface area contributed by atoms with Crippen molar-refractivity contribution >= 4 is 11.7 Å². The van der Waals surface area contributed by atoms with Crippen LogP contribution >= 0.6 is 0 Å². The third-order valence-electron chi connectivity index (χ3n) is 2.93. The largest absolute Gasteiger partial charge is 0.494 e. The van der Waals surface area contributed by atoms with Crippen LogP contribution in [0.5, 0.6) is 5.75 Å². The van der Waals surface area contributed by atoms with E-state index in [1.54, 1.807) is 36.1 Å². The maximum absolute atomic E-state index is 12.3. The van der Waals surface area contributed by atoms with Crippen LogP contribution in [0, 0.1) is 0 Å². The number of nitrogens with two attached hydrogens (primary N) is 1. The van der Waals surface area contributed by atoms with Gasteiger partial charge in [0.2, 0.25) is 0 Å². The number of benzene rings is 1. The molecule has 0 saturated heterocycles. The summed E-state index contributed by atoms with van der Waals surface area (Å²) in [6.45, 7) is 2.98. The van der Waals surface area contributed by atoms with Crippen LogP contribution in [0.25, 0.3) is 0 Å². The van der Waals surface area contributed by atoms with Gasteiger partial charge in [-0.1, -0.05) is 13.0 Å². The first-order chi connectivity index (χ1) is 10.1. The highest BCUT2D eigenvalue weighted by atomic mass is 16.5. The fourth-order valence-corrected chi connectivity index (χ4v) is 1.92. The number of rotatable bonds is 6. The molecule has 0 aliphatic rings. The highest BCUT2D eigenvalue weighted by molar-refractivity contribution is 6.04. The topological polar surface area (TPSA) is 82.2 Å². The minimum absolute atomic E-state index is 0.231. The molecule has 6 nitrogen and oxygen atoms in total. The van der Waals surface area contributed by atoms with Crippen molar-refractivity contribution in [3.63, 3.8) is 0 Å². The van der Waals surface area contributed by atoms with Crippen LogP contribution in [0.15, 0.2) is 30.5 Å². The number of anilines is 1. The van der Waals surface area contributed by atoms with Gasteiger partial charge in [-0.2, -0.15) is 5.10 Å². The molecule has 0 spiro atoms. The van der Waals surface area contributed by atoms with E-state index in [-0.39, 0.29) is 5.91 Å². The lowest BCUT2D eigenvalue weighted by molar-refractivity contribution is 0.102. The quantitative estimate of drug-likeness (QED) is 0.850. The van der Waals surface area contributed by atoms with Gasteiger partial charge in [-0.15, -0.1) is 0 Å². The van der Waals surface area contributed by atoms with Crippen molar-refractivity contribution in [3.05, 3.63) is 41.6 Å². The Hall–Kier alpha value is -2.34. The molecule has 21 heavy (non-hydrogen) atoms. The molecule has 1 aromatic heterocycles. The van der Waals surface area contributed by atoms with E-state index in [2.05, 4.69) is 10.4 Å². The molecule has 0 unspecified atom stereocenters.